The molecule has 2 rings (SSSR count). The highest BCUT2D eigenvalue weighted by atomic mass is 16.5. The maximum Gasteiger partial charge on any atom is 0.167 e. The number of nitriles is 1. The summed E-state index contributed by atoms with van der Waals surface area (Å²) in [6.45, 7) is 4.09. The van der Waals surface area contributed by atoms with E-state index < -0.39 is 0 Å². The van der Waals surface area contributed by atoms with Gasteiger partial charge >= 0.3 is 0 Å². The van der Waals surface area contributed by atoms with Crippen LogP contribution in [0.1, 0.15) is 49.9 Å². The van der Waals surface area contributed by atoms with E-state index in [2.05, 4.69) is 28.5 Å². The van der Waals surface area contributed by atoms with Crippen LogP contribution in [0.5, 0.6) is 0 Å². The molecule has 0 aromatic carbocycles. The lowest BCUT2D eigenvalue weighted by molar-refractivity contribution is 0.108. The molecule has 5 nitrogen and oxygen atoms in total. The Kier molecular flexibility index (Phi) is 4.91. The number of hydrogen-bond donors (Lipinski definition) is 1. The van der Waals surface area contributed by atoms with Crippen LogP contribution in [-0.2, 0) is 17.6 Å². The van der Waals surface area contributed by atoms with Gasteiger partial charge in [0.05, 0.1) is 11.8 Å². The van der Waals surface area contributed by atoms with Gasteiger partial charge in [-0.3, -0.25) is 0 Å². The molecule has 0 spiro atoms. The maximum atomic E-state index is 9.44. The van der Waals surface area contributed by atoms with Crippen LogP contribution in [0.25, 0.3) is 0 Å². The maximum absolute atomic E-state index is 9.44. The highest BCUT2D eigenvalue weighted by molar-refractivity contribution is 5.57. The molecule has 1 aliphatic carbocycles. The van der Waals surface area contributed by atoms with Crippen LogP contribution in [0, 0.1) is 11.3 Å². The minimum Gasteiger partial charge on any atom is -0.381 e. The van der Waals surface area contributed by atoms with Crippen molar-refractivity contribution in [2.45, 2.75) is 58.1 Å². The van der Waals surface area contributed by atoms with Crippen molar-refractivity contribution in [1.82, 2.24) is 10.2 Å². The minimum atomic E-state index is 0.312. The number of nitrogens with one attached hydrogen (secondary N) is 1. The van der Waals surface area contributed by atoms with E-state index in [0.29, 0.717) is 23.5 Å². The Morgan fingerprint density at radius 2 is 2.10 bits per heavy atom. The van der Waals surface area contributed by atoms with Gasteiger partial charge in [0.1, 0.15) is 11.6 Å². The first-order valence-corrected chi connectivity index (χ1v) is 7.31. The fourth-order valence-electron chi connectivity index (χ4n) is 2.87. The van der Waals surface area contributed by atoms with E-state index in [1.807, 2.05) is 6.92 Å². The molecule has 20 heavy (non-hydrogen) atoms. The van der Waals surface area contributed by atoms with E-state index in [1.54, 1.807) is 7.11 Å². The summed E-state index contributed by atoms with van der Waals surface area (Å²) in [6, 6.07) is 2.61. The van der Waals surface area contributed by atoms with Gasteiger partial charge in [-0.15, -0.1) is 5.10 Å². The van der Waals surface area contributed by atoms with Crippen molar-refractivity contribution in [2.75, 3.05) is 12.4 Å². The number of methoxy groups -OCH3 is 1. The van der Waals surface area contributed by atoms with Gasteiger partial charge in [-0.2, -0.15) is 10.4 Å². The summed E-state index contributed by atoms with van der Waals surface area (Å²) in [6.07, 6.45) is 4.98. The molecule has 2 unspecified atom stereocenters. The summed E-state index contributed by atoms with van der Waals surface area (Å²) in [5.74, 6) is 0.628. The highest BCUT2D eigenvalue weighted by Crippen LogP contribution is 2.27. The molecule has 1 aromatic rings. The summed E-state index contributed by atoms with van der Waals surface area (Å²) in [5, 5.41) is 21.3. The molecule has 1 heterocycles. The van der Waals surface area contributed by atoms with E-state index >= 15 is 0 Å². The molecule has 0 saturated heterocycles. The van der Waals surface area contributed by atoms with Gasteiger partial charge in [-0.25, -0.2) is 0 Å². The van der Waals surface area contributed by atoms with Crippen molar-refractivity contribution in [3.05, 3.63) is 16.8 Å². The Morgan fingerprint density at radius 3 is 2.65 bits per heavy atom. The molecule has 1 N–H and O–H groups in total. The van der Waals surface area contributed by atoms with Crippen LogP contribution in [-0.4, -0.2) is 29.5 Å². The zero-order chi connectivity index (χ0) is 14.5. The van der Waals surface area contributed by atoms with Crippen LogP contribution in [0.4, 0.5) is 5.82 Å². The second kappa shape index (κ2) is 6.67. The zero-order valence-electron chi connectivity index (χ0n) is 12.4. The van der Waals surface area contributed by atoms with Crippen molar-refractivity contribution in [1.29, 1.82) is 5.26 Å². The van der Waals surface area contributed by atoms with Gasteiger partial charge in [0.15, 0.2) is 5.82 Å². The Bertz CT molecular complexity index is 509. The van der Waals surface area contributed by atoms with E-state index in [1.165, 1.54) is 0 Å². The third kappa shape index (κ3) is 2.91. The van der Waals surface area contributed by atoms with Crippen molar-refractivity contribution in [3.63, 3.8) is 0 Å². The molecule has 1 aliphatic rings. The molecule has 0 bridgehead atoms. The Morgan fingerprint density at radius 1 is 1.30 bits per heavy atom. The molecular weight excluding hydrogens is 252 g/mol. The molecule has 1 fully saturated rings. The average molecular weight is 274 g/mol. The predicted molar refractivity (Wildman–Crippen MR) is 77.6 cm³/mol. The summed E-state index contributed by atoms with van der Waals surface area (Å²) in [5.41, 5.74) is 2.60. The number of hydrogen-bond acceptors (Lipinski definition) is 5. The lowest BCUT2D eigenvalue weighted by Gasteiger charge is -2.16. The average Bonchev–Trinajstić information content (AvgIpc) is 2.94. The monoisotopic (exact) mass is 274 g/mol. The summed E-state index contributed by atoms with van der Waals surface area (Å²) < 4.78 is 5.38. The highest BCUT2D eigenvalue weighted by Gasteiger charge is 2.26. The molecule has 0 radical (unpaired) electrons. The van der Waals surface area contributed by atoms with Crippen LogP contribution < -0.4 is 5.32 Å². The minimum absolute atomic E-state index is 0.312. The van der Waals surface area contributed by atoms with E-state index in [-0.39, 0.29) is 0 Å². The standard InChI is InChI=1S/C15H22N4O/c1-4-12-13(9-16)15(19-18-14(12)5-2)17-10-6-7-11(8-10)20-3/h10-11H,4-8H2,1-3H3,(H,17,19). The number of ether oxygens (including phenoxy) is 1. The molecule has 0 amide bonds. The second-order valence-corrected chi connectivity index (χ2v) is 5.18. The molecule has 1 saturated carbocycles. The third-order valence-electron chi connectivity index (χ3n) is 4.02. The van der Waals surface area contributed by atoms with Crippen molar-refractivity contribution < 1.29 is 4.74 Å². The van der Waals surface area contributed by atoms with Gasteiger partial charge in [0, 0.05) is 13.2 Å². The van der Waals surface area contributed by atoms with Crippen LogP contribution >= 0.6 is 0 Å². The number of anilines is 1. The largest absolute Gasteiger partial charge is 0.381 e. The smallest absolute Gasteiger partial charge is 0.167 e. The quantitative estimate of drug-likeness (QED) is 0.893. The van der Waals surface area contributed by atoms with E-state index in [4.69, 9.17) is 4.74 Å². The van der Waals surface area contributed by atoms with Gasteiger partial charge in [0.25, 0.3) is 0 Å². The number of aromatic nitrogens is 2. The SMILES string of the molecule is CCc1nnc(NC2CCC(OC)C2)c(C#N)c1CC. The summed E-state index contributed by atoms with van der Waals surface area (Å²) in [7, 11) is 1.75. The number of aryl methyl sites for hydroxylation is 1. The Balaban J connectivity index is 2.22. The molecular formula is C15H22N4O. The topological polar surface area (TPSA) is 70.8 Å². The van der Waals surface area contributed by atoms with E-state index in [0.717, 1.165) is 43.4 Å². The molecule has 5 heteroatoms. The first kappa shape index (κ1) is 14.7. The molecule has 1 aromatic heterocycles. The number of nitrogens with zero attached hydrogens (tertiary/aromatic N) is 3. The van der Waals surface area contributed by atoms with Crippen LogP contribution in [0.15, 0.2) is 0 Å². The first-order valence-electron chi connectivity index (χ1n) is 7.31. The normalized spacial score (nSPS) is 21.7. The Hall–Kier alpha value is -1.67. The summed E-state index contributed by atoms with van der Waals surface area (Å²) in [4.78, 5) is 0. The zero-order valence-corrected chi connectivity index (χ0v) is 12.4. The van der Waals surface area contributed by atoms with Crippen molar-refractivity contribution in [2.24, 2.45) is 0 Å². The van der Waals surface area contributed by atoms with Gasteiger partial charge in [-0.05, 0) is 37.7 Å². The fourth-order valence-corrected chi connectivity index (χ4v) is 2.87. The van der Waals surface area contributed by atoms with Gasteiger partial charge in [0.2, 0.25) is 0 Å². The lowest BCUT2D eigenvalue weighted by Crippen LogP contribution is -2.20. The van der Waals surface area contributed by atoms with Gasteiger partial charge < -0.3 is 10.1 Å². The Labute approximate surface area is 120 Å². The first-order chi connectivity index (χ1) is 9.73. The van der Waals surface area contributed by atoms with Crippen molar-refractivity contribution in [3.8, 4) is 6.07 Å². The lowest BCUT2D eigenvalue weighted by atomic mass is 10.0. The molecule has 108 valence electrons. The second-order valence-electron chi connectivity index (χ2n) is 5.18. The van der Waals surface area contributed by atoms with Crippen molar-refractivity contribution >= 4 is 5.82 Å². The number of rotatable bonds is 5. The van der Waals surface area contributed by atoms with Crippen LogP contribution in [0.2, 0.25) is 0 Å². The molecule has 2 atom stereocenters. The predicted octanol–water partition coefficient (Wildman–Crippen LogP) is 2.45. The van der Waals surface area contributed by atoms with Crippen LogP contribution in [0.3, 0.4) is 0 Å². The van der Waals surface area contributed by atoms with Gasteiger partial charge in [-0.1, -0.05) is 13.8 Å². The molecule has 0 aliphatic heterocycles. The fraction of sp³-hybridized carbons (Fsp3) is 0.667. The van der Waals surface area contributed by atoms with E-state index in [9.17, 15) is 5.26 Å². The summed E-state index contributed by atoms with van der Waals surface area (Å²) >= 11 is 0. The third-order valence-corrected chi connectivity index (χ3v) is 4.02.